The van der Waals surface area contributed by atoms with Gasteiger partial charge in [-0.15, -0.1) is 0 Å². The van der Waals surface area contributed by atoms with Gasteiger partial charge in [-0.05, 0) is 89.2 Å². The summed E-state index contributed by atoms with van der Waals surface area (Å²) in [6.07, 6.45) is 4.21. The quantitative estimate of drug-likeness (QED) is 0.433. The van der Waals surface area contributed by atoms with Crippen molar-refractivity contribution in [1.29, 1.82) is 0 Å². The molecule has 2 N–H and O–H groups in total. The number of benzene rings is 2. The Bertz CT molecular complexity index is 1140. The van der Waals surface area contributed by atoms with Crippen LogP contribution in [0.3, 0.4) is 0 Å². The molecule has 2 aromatic carbocycles. The van der Waals surface area contributed by atoms with Gasteiger partial charge >= 0.3 is 0 Å². The van der Waals surface area contributed by atoms with Crippen molar-refractivity contribution in [2.24, 2.45) is 4.99 Å². The molecule has 32 heavy (non-hydrogen) atoms. The third kappa shape index (κ3) is 4.41. The highest BCUT2D eigenvalue weighted by Crippen LogP contribution is 2.33. The summed E-state index contributed by atoms with van der Waals surface area (Å²) in [5.41, 5.74) is 3.68. The number of nitrogens with zero attached hydrogens (tertiary/aromatic N) is 2. The van der Waals surface area contributed by atoms with E-state index in [1.165, 1.54) is 0 Å². The highest BCUT2D eigenvalue weighted by atomic mass is 16.5. The zero-order chi connectivity index (χ0) is 22.8. The number of hydrogen-bond donors (Lipinski definition) is 2. The number of carbonyl (C=O) groups excluding carboxylic acids is 1. The maximum Gasteiger partial charge on any atom is 0.199 e. The van der Waals surface area contributed by atoms with E-state index in [1.54, 1.807) is 20.1 Å². The van der Waals surface area contributed by atoms with Crippen LogP contribution >= 0.6 is 0 Å². The van der Waals surface area contributed by atoms with E-state index in [0.717, 1.165) is 53.6 Å². The molecule has 0 bridgehead atoms. The van der Waals surface area contributed by atoms with E-state index in [1.807, 2.05) is 36.4 Å². The fourth-order valence-electron chi connectivity index (χ4n) is 4.56. The normalized spacial score (nSPS) is 19.5. The summed E-state index contributed by atoms with van der Waals surface area (Å²) in [7, 11) is 5.91. The number of ketones is 1. The third-order valence-electron chi connectivity index (χ3n) is 6.49. The lowest BCUT2D eigenvalue weighted by atomic mass is 9.90. The van der Waals surface area contributed by atoms with Crippen LogP contribution in [0.2, 0.25) is 0 Å². The monoisotopic (exact) mass is 433 g/mol. The number of hydrogen-bond acceptors (Lipinski definition) is 5. The van der Waals surface area contributed by atoms with Gasteiger partial charge in [0.05, 0.1) is 24.4 Å². The molecule has 4 rings (SSSR count). The van der Waals surface area contributed by atoms with E-state index in [9.17, 15) is 9.90 Å². The number of ether oxygens (including phenoxy) is 1. The smallest absolute Gasteiger partial charge is 0.199 e. The van der Waals surface area contributed by atoms with Crippen molar-refractivity contribution in [3.05, 3.63) is 59.2 Å². The summed E-state index contributed by atoms with van der Waals surface area (Å²) >= 11 is 0. The second-order valence-corrected chi connectivity index (χ2v) is 8.80. The van der Waals surface area contributed by atoms with Crippen LogP contribution in [0, 0.1) is 0 Å². The molecule has 1 saturated carbocycles. The summed E-state index contributed by atoms with van der Waals surface area (Å²) in [4.78, 5) is 22.5. The summed E-state index contributed by atoms with van der Waals surface area (Å²) in [5, 5.41) is 11.7. The van der Waals surface area contributed by atoms with E-state index in [-0.39, 0.29) is 17.7 Å². The standard InChI is InChI=1S/C26H31N3O3/c1-16(30)18-7-14-23-22(15-18)24(26(31)28-23)25(17-5-12-21(32-4)13-6-17)27-19-8-10-20(11-9-19)29(2)3/h5-7,12-15,19-20,28,31H,8-11H2,1-4H3. The zero-order valence-corrected chi connectivity index (χ0v) is 19.2. The summed E-state index contributed by atoms with van der Waals surface area (Å²) in [5.74, 6) is 0.822. The molecule has 1 aliphatic carbocycles. The van der Waals surface area contributed by atoms with E-state index >= 15 is 0 Å². The average molecular weight is 434 g/mol. The van der Waals surface area contributed by atoms with Crippen molar-refractivity contribution in [3.8, 4) is 11.6 Å². The predicted molar refractivity (Wildman–Crippen MR) is 128 cm³/mol. The van der Waals surface area contributed by atoms with Crippen LogP contribution in [-0.2, 0) is 0 Å². The number of aliphatic imine (C=N–C) groups is 1. The van der Waals surface area contributed by atoms with Gasteiger partial charge in [0.1, 0.15) is 5.75 Å². The number of carbonyl (C=O) groups is 1. The Labute approximate surface area is 188 Å². The lowest BCUT2D eigenvalue weighted by molar-refractivity contribution is 0.101. The van der Waals surface area contributed by atoms with Crippen LogP contribution in [0.5, 0.6) is 11.6 Å². The number of rotatable bonds is 6. The minimum Gasteiger partial charge on any atom is -0.497 e. The van der Waals surface area contributed by atoms with Gasteiger partial charge in [-0.2, -0.15) is 0 Å². The minimum absolute atomic E-state index is 0.0107. The van der Waals surface area contributed by atoms with Crippen molar-refractivity contribution >= 4 is 22.4 Å². The first-order chi connectivity index (χ1) is 15.4. The fourth-order valence-corrected chi connectivity index (χ4v) is 4.56. The van der Waals surface area contributed by atoms with Crippen molar-refractivity contribution in [2.75, 3.05) is 21.2 Å². The maximum absolute atomic E-state index is 12.0. The molecule has 0 spiro atoms. The van der Waals surface area contributed by atoms with Gasteiger partial charge in [0.15, 0.2) is 11.7 Å². The number of aromatic amines is 1. The number of aromatic nitrogens is 1. The summed E-state index contributed by atoms with van der Waals surface area (Å²) in [6, 6.07) is 14.0. The predicted octanol–water partition coefficient (Wildman–Crippen LogP) is 4.79. The number of Topliss-reactive ketones (excluding diaryl/α,β-unsaturated/α-hetero) is 1. The Morgan fingerprint density at radius 1 is 1.06 bits per heavy atom. The number of methoxy groups -OCH3 is 1. The Morgan fingerprint density at radius 2 is 1.72 bits per heavy atom. The largest absolute Gasteiger partial charge is 0.497 e. The Morgan fingerprint density at radius 3 is 2.31 bits per heavy atom. The molecule has 0 saturated heterocycles. The average Bonchev–Trinajstić information content (AvgIpc) is 3.12. The topological polar surface area (TPSA) is 77.9 Å². The van der Waals surface area contributed by atoms with E-state index < -0.39 is 0 Å². The van der Waals surface area contributed by atoms with Crippen molar-refractivity contribution in [1.82, 2.24) is 9.88 Å². The molecule has 0 atom stereocenters. The van der Waals surface area contributed by atoms with E-state index in [0.29, 0.717) is 17.2 Å². The van der Waals surface area contributed by atoms with Gasteiger partial charge < -0.3 is 19.7 Å². The van der Waals surface area contributed by atoms with Gasteiger partial charge in [-0.3, -0.25) is 9.79 Å². The number of nitrogens with one attached hydrogen (secondary N) is 1. The Balaban J connectivity index is 1.82. The second-order valence-electron chi connectivity index (χ2n) is 8.80. The first-order valence-electron chi connectivity index (χ1n) is 11.1. The second kappa shape index (κ2) is 9.17. The SMILES string of the molecule is COc1ccc(C(=NC2CCC(N(C)C)CC2)c2c(O)[nH]c3ccc(C(C)=O)cc23)cc1. The molecule has 3 aromatic rings. The van der Waals surface area contributed by atoms with Crippen LogP contribution in [0.1, 0.15) is 54.1 Å². The molecule has 0 amide bonds. The molecule has 0 unspecified atom stereocenters. The molecule has 1 aliphatic rings. The fraction of sp³-hybridized carbons (Fsp3) is 0.385. The minimum atomic E-state index is -0.0107. The molecule has 0 radical (unpaired) electrons. The van der Waals surface area contributed by atoms with E-state index in [4.69, 9.17) is 9.73 Å². The van der Waals surface area contributed by atoms with Gasteiger partial charge in [0, 0.05) is 28.1 Å². The number of fused-ring (bicyclic) bond motifs is 1. The molecule has 0 aliphatic heterocycles. The number of H-pyrrole nitrogens is 1. The number of aromatic hydroxyl groups is 1. The highest BCUT2D eigenvalue weighted by molar-refractivity contribution is 6.21. The lowest BCUT2D eigenvalue weighted by Gasteiger charge is -2.31. The Hall–Kier alpha value is -3.12. The molecule has 1 fully saturated rings. The molecule has 6 heteroatoms. The molecule has 1 heterocycles. The van der Waals surface area contributed by atoms with Crippen LogP contribution in [-0.4, -0.2) is 59.8 Å². The highest BCUT2D eigenvalue weighted by Gasteiger charge is 2.25. The van der Waals surface area contributed by atoms with Crippen molar-refractivity contribution < 1.29 is 14.6 Å². The summed E-state index contributed by atoms with van der Waals surface area (Å²) < 4.78 is 5.32. The first-order valence-corrected chi connectivity index (χ1v) is 11.1. The van der Waals surface area contributed by atoms with Crippen molar-refractivity contribution in [3.63, 3.8) is 0 Å². The Kier molecular flexibility index (Phi) is 6.33. The zero-order valence-electron chi connectivity index (χ0n) is 19.2. The molecular formula is C26H31N3O3. The molecule has 168 valence electrons. The molecule has 1 aromatic heterocycles. The first kappa shape index (κ1) is 22.1. The summed E-state index contributed by atoms with van der Waals surface area (Å²) in [6.45, 7) is 1.55. The van der Waals surface area contributed by atoms with E-state index in [2.05, 4.69) is 24.0 Å². The van der Waals surface area contributed by atoms with Gasteiger partial charge in [0.25, 0.3) is 0 Å². The third-order valence-corrected chi connectivity index (χ3v) is 6.49. The van der Waals surface area contributed by atoms with Crippen LogP contribution in [0.4, 0.5) is 0 Å². The van der Waals surface area contributed by atoms with Gasteiger partial charge in [-0.1, -0.05) is 0 Å². The maximum atomic E-state index is 12.0. The lowest BCUT2D eigenvalue weighted by Crippen LogP contribution is -2.33. The van der Waals surface area contributed by atoms with Crippen molar-refractivity contribution in [2.45, 2.75) is 44.7 Å². The molecule has 6 nitrogen and oxygen atoms in total. The molecular weight excluding hydrogens is 402 g/mol. The van der Waals surface area contributed by atoms with Crippen LogP contribution in [0.15, 0.2) is 47.5 Å². The van der Waals surface area contributed by atoms with Crippen LogP contribution in [0.25, 0.3) is 10.9 Å². The van der Waals surface area contributed by atoms with Gasteiger partial charge in [-0.25, -0.2) is 0 Å². The van der Waals surface area contributed by atoms with Gasteiger partial charge in [0.2, 0.25) is 0 Å². The van der Waals surface area contributed by atoms with Crippen LogP contribution < -0.4 is 4.74 Å².